The molecule has 0 unspecified atom stereocenters. The number of rotatable bonds is 0. The zero-order chi connectivity index (χ0) is 21.1. The van der Waals surface area contributed by atoms with Crippen LogP contribution in [-0.4, -0.2) is 0 Å². The molecule has 32 heavy (non-hydrogen) atoms. The van der Waals surface area contributed by atoms with Crippen molar-refractivity contribution in [3.8, 4) is 22.3 Å². The molecule has 5 aromatic carbocycles. The van der Waals surface area contributed by atoms with Crippen LogP contribution in [0.5, 0.6) is 0 Å². The first kappa shape index (κ1) is 17.5. The Balaban J connectivity index is 1.75. The van der Waals surface area contributed by atoms with Gasteiger partial charge in [0, 0.05) is 0 Å². The lowest BCUT2D eigenvalue weighted by atomic mass is 9.93. The van der Waals surface area contributed by atoms with Crippen molar-refractivity contribution >= 4 is 12.2 Å². The molecule has 0 aromatic heterocycles. The fraction of sp³-hybridized carbons (Fsp3) is 0. The molecule has 0 heteroatoms. The Hall–Kier alpha value is -4.16. The van der Waals surface area contributed by atoms with Crippen molar-refractivity contribution < 1.29 is 0 Å². The monoisotopic (exact) mass is 404 g/mol. The van der Waals surface area contributed by atoms with Gasteiger partial charge in [0.1, 0.15) is 0 Å². The summed E-state index contributed by atoms with van der Waals surface area (Å²) in [6.45, 7) is 0. The van der Waals surface area contributed by atoms with Crippen molar-refractivity contribution in [2.45, 2.75) is 0 Å². The lowest BCUT2D eigenvalue weighted by Crippen LogP contribution is -2.08. The smallest absolute Gasteiger partial charge is 0.00984 e. The van der Waals surface area contributed by atoms with Gasteiger partial charge in [-0.15, -0.1) is 0 Å². The van der Waals surface area contributed by atoms with Crippen LogP contribution in [0, 0.1) is 20.9 Å². The molecule has 148 valence electrons. The van der Waals surface area contributed by atoms with Crippen LogP contribution < -0.4 is 10.4 Å². The van der Waals surface area contributed by atoms with Crippen LogP contribution in [0.2, 0.25) is 0 Å². The Labute approximate surface area is 186 Å². The highest BCUT2D eigenvalue weighted by molar-refractivity contribution is 5.91. The Morgan fingerprint density at radius 2 is 0.875 bits per heavy atom. The van der Waals surface area contributed by atoms with Gasteiger partial charge in [0.15, 0.2) is 0 Å². The summed E-state index contributed by atoms with van der Waals surface area (Å²) in [5.41, 5.74) is 7.73. The van der Waals surface area contributed by atoms with Crippen molar-refractivity contribution in [1.82, 2.24) is 0 Å². The third-order valence-electron chi connectivity index (χ3n) is 6.78. The minimum absolute atomic E-state index is 1.27. The van der Waals surface area contributed by atoms with Crippen LogP contribution in [0.15, 0.2) is 109 Å². The Morgan fingerprint density at radius 3 is 1.69 bits per heavy atom. The Morgan fingerprint density at radius 1 is 0.312 bits per heavy atom. The summed E-state index contributed by atoms with van der Waals surface area (Å²) < 4.78 is 0. The van der Waals surface area contributed by atoms with E-state index in [4.69, 9.17) is 0 Å². The zero-order valence-corrected chi connectivity index (χ0v) is 17.5. The van der Waals surface area contributed by atoms with Crippen molar-refractivity contribution in [3.63, 3.8) is 0 Å². The first-order valence-electron chi connectivity index (χ1n) is 11.1. The number of benzene rings is 5. The molecule has 0 amide bonds. The summed E-state index contributed by atoms with van der Waals surface area (Å²) in [6, 6.07) is 39.8. The first-order valence-corrected chi connectivity index (χ1v) is 11.1. The average molecular weight is 405 g/mol. The Kier molecular flexibility index (Phi) is 3.65. The van der Waals surface area contributed by atoms with Gasteiger partial charge in [-0.25, -0.2) is 0 Å². The van der Waals surface area contributed by atoms with Gasteiger partial charge in [-0.3, -0.25) is 0 Å². The van der Waals surface area contributed by atoms with E-state index in [-0.39, 0.29) is 0 Å². The normalized spacial score (nSPS) is 12.2. The van der Waals surface area contributed by atoms with E-state index >= 15 is 0 Å². The fourth-order valence-corrected chi connectivity index (χ4v) is 5.32. The van der Waals surface area contributed by atoms with Crippen LogP contribution in [0.25, 0.3) is 34.4 Å². The minimum Gasteiger partial charge on any atom is -0.0616 e. The zero-order valence-electron chi connectivity index (χ0n) is 17.5. The summed E-state index contributed by atoms with van der Waals surface area (Å²) >= 11 is 0. The molecule has 2 aliphatic carbocycles. The van der Waals surface area contributed by atoms with Gasteiger partial charge in [0.2, 0.25) is 0 Å². The van der Waals surface area contributed by atoms with E-state index in [1.54, 1.807) is 0 Å². The van der Waals surface area contributed by atoms with Gasteiger partial charge in [-0.1, -0.05) is 97.1 Å². The second-order valence-electron chi connectivity index (χ2n) is 8.58. The van der Waals surface area contributed by atoms with E-state index < -0.39 is 0 Å². The molecule has 0 fully saturated rings. The highest BCUT2D eigenvalue weighted by Crippen LogP contribution is 2.35. The third-order valence-corrected chi connectivity index (χ3v) is 6.78. The SMILES string of the molecule is C1=c2cc3c(cc2-c2ccccc2-c2ccccc21)=c1ccccc1=c1ccccc1=C3. The molecule has 0 saturated carbocycles. The summed E-state index contributed by atoms with van der Waals surface area (Å²) in [5.74, 6) is 0. The maximum absolute atomic E-state index is 2.41. The average Bonchev–Trinajstić information content (AvgIpc) is 3.07. The van der Waals surface area contributed by atoms with Crippen molar-refractivity contribution in [2.24, 2.45) is 0 Å². The van der Waals surface area contributed by atoms with Crippen LogP contribution in [-0.2, 0) is 0 Å². The van der Waals surface area contributed by atoms with Gasteiger partial charge < -0.3 is 0 Å². The second-order valence-corrected chi connectivity index (χ2v) is 8.58. The molecular weight excluding hydrogens is 384 g/mol. The molecule has 0 heterocycles. The van der Waals surface area contributed by atoms with Gasteiger partial charge in [-0.05, 0) is 89.0 Å². The summed E-state index contributed by atoms with van der Waals surface area (Å²) in [5, 5.41) is 7.73. The van der Waals surface area contributed by atoms with E-state index in [1.807, 2.05) is 0 Å². The van der Waals surface area contributed by atoms with E-state index in [0.29, 0.717) is 0 Å². The molecular formula is C32H20. The maximum Gasteiger partial charge on any atom is -0.00984 e. The Bertz CT molecular complexity index is 1870. The molecule has 0 N–H and O–H groups in total. The fourth-order valence-electron chi connectivity index (χ4n) is 5.32. The maximum atomic E-state index is 2.41. The van der Waals surface area contributed by atoms with E-state index in [2.05, 4.69) is 121 Å². The predicted molar refractivity (Wildman–Crippen MR) is 132 cm³/mol. The number of fused-ring (bicyclic) bond motifs is 8. The lowest BCUT2D eigenvalue weighted by Gasteiger charge is -2.10. The van der Waals surface area contributed by atoms with E-state index in [1.165, 1.54) is 64.7 Å². The molecule has 7 rings (SSSR count). The lowest BCUT2D eigenvalue weighted by molar-refractivity contribution is 1.39. The number of hydrogen-bond acceptors (Lipinski definition) is 0. The minimum atomic E-state index is 1.27. The van der Waals surface area contributed by atoms with Crippen molar-refractivity contribution in [1.29, 1.82) is 0 Å². The summed E-state index contributed by atoms with van der Waals surface area (Å²) in [4.78, 5) is 0. The van der Waals surface area contributed by atoms with Crippen molar-refractivity contribution in [2.75, 3.05) is 0 Å². The standard InChI is InChI=1S/C32H20/c1-3-11-25-21(9-1)17-23-19-24-18-22-10-2-4-12-26(22)28-14-6-8-16-30(28)32(24)20-31(23)29-15-7-5-13-27(25)29/h1-20H. The predicted octanol–water partition coefficient (Wildman–Crippen LogP) is 5.88. The quantitative estimate of drug-likeness (QED) is 0.296. The molecule has 0 radical (unpaired) electrons. The summed E-state index contributed by atoms with van der Waals surface area (Å²) in [6.07, 6.45) is 4.70. The highest BCUT2D eigenvalue weighted by atomic mass is 14.2. The van der Waals surface area contributed by atoms with Gasteiger partial charge >= 0.3 is 0 Å². The molecule has 0 atom stereocenters. The topological polar surface area (TPSA) is 0 Å². The molecule has 2 aliphatic rings. The van der Waals surface area contributed by atoms with E-state index in [0.717, 1.165) is 0 Å². The first-order chi connectivity index (χ1) is 15.9. The van der Waals surface area contributed by atoms with Crippen LogP contribution >= 0.6 is 0 Å². The van der Waals surface area contributed by atoms with Crippen LogP contribution in [0.1, 0.15) is 11.1 Å². The third kappa shape index (κ3) is 2.50. The van der Waals surface area contributed by atoms with Crippen molar-refractivity contribution in [3.05, 3.63) is 152 Å². The van der Waals surface area contributed by atoms with E-state index in [9.17, 15) is 0 Å². The van der Waals surface area contributed by atoms with Gasteiger partial charge in [0.25, 0.3) is 0 Å². The van der Waals surface area contributed by atoms with Crippen LogP contribution in [0.4, 0.5) is 0 Å². The molecule has 0 aliphatic heterocycles. The molecule has 5 aromatic rings. The second kappa shape index (κ2) is 6.67. The van der Waals surface area contributed by atoms with Gasteiger partial charge in [0.05, 0.1) is 0 Å². The van der Waals surface area contributed by atoms with Crippen LogP contribution in [0.3, 0.4) is 0 Å². The molecule has 0 nitrogen and oxygen atoms in total. The highest BCUT2D eigenvalue weighted by Gasteiger charge is 2.15. The molecule has 0 saturated heterocycles. The molecule has 0 spiro atoms. The number of hydrogen-bond donors (Lipinski definition) is 0. The van der Waals surface area contributed by atoms with Gasteiger partial charge in [-0.2, -0.15) is 0 Å². The summed E-state index contributed by atoms with van der Waals surface area (Å²) in [7, 11) is 0. The molecule has 0 bridgehead atoms. The largest absolute Gasteiger partial charge is 0.0616 e.